The van der Waals surface area contributed by atoms with E-state index in [4.69, 9.17) is 18.0 Å². The van der Waals surface area contributed by atoms with Crippen molar-refractivity contribution in [3.63, 3.8) is 0 Å². The van der Waals surface area contributed by atoms with Crippen LogP contribution in [0.15, 0.2) is 0 Å². The zero-order valence-corrected chi connectivity index (χ0v) is 10.4. The van der Waals surface area contributed by atoms with Gasteiger partial charge in [0, 0.05) is 12.6 Å². The van der Waals surface area contributed by atoms with Gasteiger partial charge >= 0.3 is 6.03 Å². The third-order valence-corrected chi connectivity index (χ3v) is 3.03. The quantitative estimate of drug-likeness (QED) is 0.508. The van der Waals surface area contributed by atoms with Gasteiger partial charge in [-0.3, -0.25) is 0 Å². The number of rotatable bonds is 5. The standard InChI is InChI=1S/C11H21N3OS/c12-10(16)7-4-8-13-11(15)14-9-5-2-1-3-6-9/h9H,1-8H2,(H2,12,16)(H2,13,14,15). The smallest absolute Gasteiger partial charge is 0.315 e. The van der Waals surface area contributed by atoms with E-state index in [-0.39, 0.29) is 6.03 Å². The minimum absolute atomic E-state index is 0.0603. The van der Waals surface area contributed by atoms with Crippen LogP contribution in [0, 0.1) is 0 Å². The van der Waals surface area contributed by atoms with Gasteiger partial charge in [-0.1, -0.05) is 31.5 Å². The van der Waals surface area contributed by atoms with Crippen molar-refractivity contribution in [2.45, 2.75) is 51.0 Å². The van der Waals surface area contributed by atoms with E-state index >= 15 is 0 Å². The van der Waals surface area contributed by atoms with E-state index < -0.39 is 0 Å². The van der Waals surface area contributed by atoms with Crippen molar-refractivity contribution in [1.82, 2.24) is 10.6 Å². The first kappa shape index (κ1) is 13.2. The molecule has 4 nitrogen and oxygen atoms in total. The maximum Gasteiger partial charge on any atom is 0.315 e. The van der Waals surface area contributed by atoms with Crippen LogP contribution in [0.1, 0.15) is 44.9 Å². The number of hydrogen-bond donors (Lipinski definition) is 3. The lowest BCUT2D eigenvalue weighted by molar-refractivity contribution is 0.232. The highest BCUT2D eigenvalue weighted by Crippen LogP contribution is 2.16. The Morgan fingerprint density at radius 2 is 2.00 bits per heavy atom. The maximum absolute atomic E-state index is 11.5. The zero-order chi connectivity index (χ0) is 11.8. The van der Waals surface area contributed by atoms with Gasteiger partial charge < -0.3 is 16.4 Å². The van der Waals surface area contributed by atoms with E-state index in [1.54, 1.807) is 0 Å². The van der Waals surface area contributed by atoms with Crippen LogP contribution < -0.4 is 16.4 Å². The highest BCUT2D eigenvalue weighted by Gasteiger charge is 2.14. The van der Waals surface area contributed by atoms with E-state index in [0.717, 1.165) is 19.3 Å². The Hall–Kier alpha value is -0.840. The van der Waals surface area contributed by atoms with Gasteiger partial charge in [-0.15, -0.1) is 0 Å². The average Bonchev–Trinajstić information content (AvgIpc) is 2.25. The number of hydrogen-bond acceptors (Lipinski definition) is 2. The average molecular weight is 243 g/mol. The Morgan fingerprint density at radius 3 is 2.62 bits per heavy atom. The molecule has 0 atom stereocenters. The van der Waals surface area contributed by atoms with Gasteiger partial charge in [0.1, 0.15) is 0 Å². The summed E-state index contributed by atoms with van der Waals surface area (Å²) in [5.41, 5.74) is 5.36. The summed E-state index contributed by atoms with van der Waals surface area (Å²) in [5, 5.41) is 5.81. The monoisotopic (exact) mass is 243 g/mol. The minimum atomic E-state index is -0.0603. The summed E-state index contributed by atoms with van der Waals surface area (Å²) in [6, 6.07) is 0.305. The Balaban J connectivity index is 2.03. The predicted octanol–water partition coefficient (Wildman–Crippen LogP) is 1.68. The fourth-order valence-electron chi connectivity index (χ4n) is 1.95. The number of nitrogens with one attached hydrogen (secondary N) is 2. The summed E-state index contributed by atoms with van der Waals surface area (Å²) < 4.78 is 0. The third kappa shape index (κ3) is 5.90. The highest BCUT2D eigenvalue weighted by molar-refractivity contribution is 7.80. The van der Waals surface area contributed by atoms with Crippen LogP contribution in [0.3, 0.4) is 0 Å². The first-order valence-electron chi connectivity index (χ1n) is 6.01. The summed E-state index contributed by atoms with van der Waals surface area (Å²) >= 11 is 4.75. The fourth-order valence-corrected chi connectivity index (χ4v) is 2.09. The van der Waals surface area contributed by atoms with Crippen LogP contribution in [0.5, 0.6) is 0 Å². The lowest BCUT2D eigenvalue weighted by atomic mass is 9.96. The SMILES string of the molecule is NC(=S)CCCNC(=O)NC1CCCCC1. The van der Waals surface area contributed by atoms with Crippen molar-refractivity contribution in [1.29, 1.82) is 0 Å². The summed E-state index contributed by atoms with van der Waals surface area (Å²) in [6.45, 7) is 0.635. The van der Waals surface area contributed by atoms with E-state index in [0.29, 0.717) is 24.0 Å². The molecule has 0 saturated heterocycles. The molecule has 1 aliphatic carbocycles. The molecule has 0 radical (unpaired) electrons. The molecule has 0 unspecified atom stereocenters. The lowest BCUT2D eigenvalue weighted by Gasteiger charge is -2.22. The van der Waals surface area contributed by atoms with Crippen LogP contribution in [-0.2, 0) is 0 Å². The lowest BCUT2D eigenvalue weighted by Crippen LogP contribution is -2.43. The number of nitrogens with two attached hydrogens (primary N) is 1. The molecule has 2 amide bonds. The van der Waals surface area contributed by atoms with Gasteiger partial charge in [-0.25, -0.2) is 4.79 Å². The molecule has 16 heavy (non-hydrogen) atoms. The van der Waals surface area contributed by atoms with Crippen molar-refractivity contribution in [2.75, 3.05) is 6.54 Å². The Labute approximate surface area is 102 Å². The first-order valence-corrected chi connectivity index (χ1v) is 6.42. The molecule has 92 valence electrons. The summed E-state index contributed by atoms with van der Waals surface area (Å²) in [5.74, 6) is 0. The normalized spacial score (nSPS) is 16.8. The summed E-state index contributed by atoms with van der Waals surface area (Å²) in [7, 11) is 0. The molecule has 1 rings (SSSR count). The molecule has 0 aromatic rings. The molecule has 4 N–H and O–H groups in total. The topological polar surface area (TPSA) is 67.1 Å². The van der Waals surface area contributed by atoms with Crippen LogP contribution in [0.4, 0.5) is 4.79 Å². The molecule has 0 bridgehead atoms. The van der Waals surface area contributed by atoms with Gasteiger partial charge in [0.2, 0.25) is 0 Å². The van der Waals surface area contributed by atoms with E-state index in [9.17, 15) is 4.79 Å². The molecular weight excluding hydrogens is 222 g/mol. The largest absolute Gasteiger partial charge is 0.393 e. The number of thiocarbonyl (C=S) groups is 1. The maximum atomic E-state index is 11.5. The molecule has 1 fully saturated rings. The summed E-state index contributed by atoms with van der Waals surface area (Å²) in [6.07, 6.45) is 7.49. The van der Waals surface area contributed by atoms with Crippen molar-refractivity contribution < 1.29 is 4.79 Å². The molecule has 0 aromatic carbocycles. The molecule has 1 aliphatic rings. The number of amides is 2. The number of urea groups is 1. The zero-order valence-electron chi connectivity index (χ0n) is 9.63. The van der Waals surface area contributed by atoms with Crippen molar-refractivity contribution in [3.8, 4) is 0 Å². The van der Waals surface area contributed by atoms with Crippen LogP contribution >= 0.6 is 12.2 Å². The van der Waals surface area contributed by atoms with Crippen molar-refractivity contribution >= 4 is 23.2 Å². The van der Waals surface area contributed by atoms with Crippen molar-refractivity contribution in [3.05, 3.63) is 0 Å². The van der Waals surface area contributed by atoms with Crippen molar-refractivity contribution in [2.24, 2.45) is 5.73 Å². The Bertz CT molecular complexity index is 239. The molecule has 5 heteroatoms. The molecule has 0 aliphatic heterocycles. The second-order valence-electron chi connectivity index (χ2n) is 4.31. The molecule has 0 heterocycles. The first-order chi connectivity index (χ1) is 7.68. The van der Waals surface area contributed by atoms with Gasteiger partial charge in [0.05, 0.1) is 4.99 Å². The van der Waals surface area contributed by atoms with Crippen LogP contribution in [0.25, 0.3) is 0 Å². The number of carbonyl (C=O) groups excluding carboxylic acids is 1. The highest BCUT2D eigenvalue weighted by atomic mass is 32.1. The van der Waals surface area contributed by atoms with Gasteiger partial charge in [-0.2, -0.15) is 0 Å². The second kappa shape index (κ2) is 7.44. The van der Waals surface area contributed by atoms with E-state index in [1.165, 1.54) is 19.3 Å². The molecule has 0 spiro atoms. The van der Waals surface area contributed by atoms with Gasteiger partial charge in [-0.05, 0) is 25.7 Å². The molecule has 0 aromatic heterocycles. The number of carbonyl (C=O) groups is 1. The van der Waals surface area contributed by atoms with Crippen LogP contribution in [-0.4, -0.2) is 23.6 Å². The predicted molar refractivity (Wildman–Crippen MR) is 69.4 cm³/mol. The Kier molecular flexibility index (Phi) is 6.15. The van der Waals surface area contributed by atoms with Gasteiger partial charge in [0.25, 0.3) is 0 Å². The second-order valence-corrected chi connectivity index (χ2v) is 4.83. The van der Waals surface area contributed by atoms with Gasteiger partial charge in [0.15, 0.2) is 0 Å². The Morgan fingerprint density at radius 1 is 1.31 bits per heavy atom. The molecular formula is C11H21N3OS. The fraction of sp³-hybridized carbons (Fsp3) is 0.818. The van der Waals surface area contributed by atoms with E-state index in [2.05, 4.69) is 10.6 Å². The van der Waals surface area contributed by atoms with E-state index in [1.807, 2.05) is 0 Å². The molecule has 1 saturated carbocycles. The van der Waals surface area contributed by atoms with Crippen LogP contribution in [0.2, 0.25) is 0 Å². The summed E-state index contributed by atoms with van der Waals surface area (Å²) in [4.78, 5) is 12.0. The minimum Gasteiger partial charge on any atom is -0.393 e. The third-order valence-electron chi connectivity index (χ3n) is 2.83.